The molecule has 0 saturated carbocycles. The fourth-order valence-electron chi connectivity index (χ4n) is 2.33. The van der Waals surface area contributed by atoms with Gasteiger partial charge in [-0.15, -0.1) is 0 Å². The molecule has 0 atom stereocenters. The summed E-state index contributed by atoms with van der Waals surface area (Å²) in [6, 6.07) is 0. The summed E-state index contributed by atoms with van der Waals surface area (Å²) in [5.41, 5.74) is -0.496. The van der Waals surface area contributed by atoms with Crippen molar-refractivity contribution in [2.75, 3.05) is 19.7 Å². The van der Waals surface area contributed by atoms with Gasteiger partial charge in [0, 0.05) is 30.9 Å². The minimum Gasteiger partial charge on any atom is -0.463 e. The highest BCUT2D eigenvalue weighted by molar-refractivity contribution is 5.91. The van der Waals surface area contributed by atoms with Gasteiger partial charge in [0.25, 0.3) is 0 Å². The van der Waals surface area contributed by atoms with Crippen molar-refractivity contribution in [3.8, 4) is 0 Å². The van der Waals surface area contributed by atoms with Gasteiger partial charge < -0.3 is 14.8 Å². The Morgan fingerprint density at radius 3 is 2.37 bits per heavy atom. The molecule has 0 aliphatic carbocycles. The van der Waals surface area contributed by atoms with E-state index in [0.29, 0.717) is 12.5 Å². The zero-order chi connectivity index (χ0) is 14.3. The minimum atomic E-state index is -0.524. The summed E-state index contributed by atoms with van der Waals surface area (Å²) in [5.74, 6) is -0.644. The molecule has 0 aromatic rings. The Hall–Kier alpha value is -1.36. The van der Waals surface area contributed by atoms with Gasteiger partial charge in [-0.1, -0.05) is 0 Å². The molecule has 1 fully saturated rings. The zero-order valence-corrected chi connectivity index (χ0v) is 12.0. The van der Waals surface area contributed by atoms with Crippen LogP contribution in [-0.2, 0) is 19.1 Å². The number of carbonyl (C=O) groups excluding carboxylic acids is 2. The lowest BCUT2D eigenvalue weighted by Crippen LogP contribution is -2.86. The van der Waals surface area contributed by atoms with Gasteiger partial charge in [-0.3, -0.25) is 0 Å². The molecular formula is C14H24NO4+. The summed E-state index contributed by atoms with van der Waals surface area (Å²) >= 11 is 0. The average molecular weight is 270 g/mol. The zero-order valence-electron chi connectivity index (χ0n) is 12.0. The van der Waals surface area contributed by atoms with Crippen LogP contribution in [0.5, 0.6) is 0 Å². The Morgan fingerprint density at radius 2 is 1.79 bits per heavy atom. The second kappa shape index (κ2) is 7.28. The monoisotopic (exact) mass is 270 g/mol. The Kier molecular flexibility index (Phi) is 6.02. The maximum Gasteiger partial charge on any atom is 0.331 e. The van der Waals surface area contributed by atoms with E-state index in [4.69, 9.17) is 9.47 Å². The van der Waals surface area contributed by atoms with Crippen LogP contribution in [0.3, 0.4) is 0 Å². The number of esters is 2. The number of nitrogens with two attached hydrogens (primary N) is 1. The van der Waals surface area contributed by atoms with E-state index in [-0.39, 0.29) is 0 Å². The predicted molar refractivity (Wildman–Crippen MR) is 70.3 cm³/mol. The fraction of sp³-hybridized carbons (Fsp3) is 0.714. The summed E-state index contributed by atoms with van der Waals surface area (Å²) in [5, 5.41) is 2.27. The molecule has 108 valence electrons. The summed E-state index contributed by atoms with van der Waals surface area (Å²) < 4.78 is 10.2. The average Bonchev–Trinajstić information content (AvgIpc) is 2.37. The molecule has 0 amide bonds. The van der Waals surface area contributed by atoms with Crippen LogP contribution < -0.4 is 5.32 Å². The van der Waals surface area contributed by atoms with Crippen molar-refractivity contribution in [1.82, 2.24) is 0 Å². The lowest BCUT2D eigenvalue weighted by Gasteiger charge is -2.35. The molecule has 0 aromatic heterocycles. The first-order chi connectivity index (χ1) is 8.95. The molecule has 2 N–H and O–H groups in total. The molecule has 0 radical (unpaired) electrons. The minimum absolute atomic E-state index is 0.294. The molecule has 1 aliphatic rings. The number of piperidine rings is 1. The molecule has 5 nitrogen and oxygen atoms in total. The molecule has 0 bridgehead atoms. The first-order valence-electron chi connectivity index (χ1n) is 6.85. The Balaban J connectivity index is 2.47. The molecule has 1 rings (SSSR count). The van der Waals surface area contributed by atoms with Crippen molar-refractivity contribution < 1.29 is 24.4 Å². The standard InChI is InChI=1S/C14H23NO4/c1-4-18-12(16)5-6-13(17)19-14(2,3)11-7-9-15-10-8-11/h5-6,11,15H,4,7-10H2,1-3H3/p+1/b6-5-. The molecule has 0 unspecified atom stereocenters. The highest BCUT2D eigenvalue weighted by atomic mass is 16.6. The van der Waals surface area contributed by atoms with Gasteiger partial charge in [0.15, 0.2) is 0 Å². The van der Waals surface area contributed by atoms with Gasteiger partial charge in [0.1, 0.15) is 5.60 Å². The van der Waals surface area contributed by atoms with Gasteiger partial charge in [0.05, 0.1) is 19.7 Å². The van der Waals surface area contributed by atoms with E-state index < -0.39 is 17.5 Å². The smallest absolute Gasteiger partial charge is 0.331 e. The second-order valence-electron chi connectivity index (χ2n) is 5.25. The SMILES string of the molecule is CCOC(=O)/C=C\C(=O)OC(C)(C)C1CC[NH2+]CC1. The molecule has 0 spiro atoms. The predicted octanol–water partition coefficient (Wildman–Crippen LogP) is 0.401. The van der Waals surface area contributed by atoms with Gasteiger partial charge >= 0.3 is 11.9 Å². The summed E-state index contributed by atoms with van der Waals surface area (Å²) in [7, 11) is 0. The summed E-state index contributed by atoms with van der Waals surface area (Å²) in [6.45, 7) is 8.02. The van der Waals surface area contributed by atoms with E-state index >= 15 is 0 Å². The molecule has 5 heteroatoms. The van der Waals surface area contributed by atoms with Crippen LogP contribution in [0.4, 0.5) is 0 Å². The molecular weight excluding hydrogens is 246 g/mol. The molecule has 1 aliphatic heterocycles. The van der Waals surface area contributed by atoms with E-state index in [9.17, 15) is 9.59 Å². The van der Waals surface area contributed by atoms with E-state index in [1.165, 1.54) is 0 Å². The van der Waals surface area contributed by atoms with Crippen molar-refractivity contribution in [2.45, 2.75) is 39.2 Å². The first kappa shape index (κ1) is 15.7. The quantitative estimate of drug-likeness (QED) is 0.580. The highest BCUT2D eigenvalue weighted by Crippen LogP contribution is 2.27. The van der Waals surface area contributed by atoms with Crippen molar-refractivity contribution in [1.29, 1.82) is 0 Å². The van der Waals surface area contributed by atoms with E-state index in [1.807, 2.05) is 13.8 Å². The van der Waals surface area contributed by atoms with Crippen molar-refractivity contribution >= 4 is 11.9 Å². The van der Waals surface area contributed by atoms with Crippen LogP contribution >= 0.6 is 0 Å². The fourth-order valence-corrected chi connectivity index (χ4v) is 2.33. The third kappa shape index (κ3) is 5.42. The van der Waals surface area contributed by atoms with E-state index in [2.05, 4.69) is 5.32 Å². The summed E-state index contributed by atoms with van der Waals surface area (Å²) in [4.78, 5) is 22.8. The Bertz CT molecular complexity index is 343. The summed E-state index contributed by atoms with van der Waals surface area (Å²) in [6.07, 6.45) is 4.33. The van der Waals surface area contributed by atoms with E-state index in [1.54, 1.807) is 6.92 Å². The number of ether oxygens (including phenoxy) is 2. The van der Waals surface area contributed by atoms with Crippen LogP contribution in [0.2, 0.25) is 0 Å². The molecule has 1 saturated heterocycles. The van der Waals surface area contributed by atoms with Crippen molar-refractivity contribution in [3.63, 3.8) is 0 Å². The van der Waals surface area contributed by atoms with Gasteiger partial charge in [-0.05, 0) is 20.8 Å². The van der Waals surface area contributed by atoms with Gasteiger partial charge in [-0.2, -0.15) is 0 Å². The molecule has 1 heterocycles. The van der Waals surface area contributed by atoms with Crippen LogP contribution in [0.1, 0.15) is 33.6 Å². The van der Waals surface area contributed by atoms with E-state index in [0.717, 1.165) is 38.1 Å². The lowest BCUT2D eigenvalue weighted by molar-refractivity contribution is -0.665. The Labute approximate surface area is 114 Å². The Morgan fingerprint density at radius 1 is 1.21 bits per heavy atom. The molecule has 19 heavy (non-hydrogen) atoms. The number of rotatable bonds is 5. The molecule has 0 aromatic carbocycles. The maximum absolute atomic E-state index is 11.7. The number of hydrogen-bond acceptors (Lipinski definition) is 4. The number of carbonyl (C=O) groups is 2. The third-order valence-electron chi connectivity index (χ3n) is 3.43. The van der Waals surface area contributed by atoms with Gasteiger partial charge in [0.2, 0.25) is 0 Å². The highest BCUT2D eigenvalue weighted by Gasteiger charge is 2.34. The van der Waals surface area contributed by atoms with Gasteiger partial charge in [-0.25, -0.2) is 9.59 Å². The topological polar surface area (TPSA) is 69.2 Å². The maximum atomic E-state index is 11.7. The number of quaternary nitrogens is 1. The van der Waals surface area contributed by atoms with Crippen molar-refractivity contribution in [3.05, 3.63) is 12.2 Å². The normalized spacial score (nSPS) is 17.4. The number of hydrogen-bond donors (Lipinski definition) is 1. The van der Waals surface area contributed by atoms with Crippen LogP contribution in [0, 0.1) is 5.92 Å². The third-order valence-corrected chi connectivity index (χ3v) is 3.43. The lowest BCUT2D eigenvalue weighted by atomic mass is 9.83. The van der Waals surface area contributed by atoms with Crippen LogP contribution in [0.25, 0.3) is 0 Å². The van der Waals surface area contributed by atoms with Crippen LogP contribution in [0.15, 0.2) is 12.2 Å². The van der Waals surface area contributed by atoms with Crippen LogP contribution in [-0.4, -0.2) is 37.2 Å². The largest absolute Gasteiger partial charge is 0.463 e. The first-order valence-corrected chi connectivity index (χ1v) is 6.85. The second-order valence-corrected chi connectivity index (χ2v) is 5.25. The van der Waals surface area contributed by atoms with Crippen molar-refractivity contribution in [2.24, 2.45) is 5.92 Å².